The highest BCUT2D eigenvalue weighted by molar-refractivity contribution is 14.1. The molecule has 3 aliphatic rings. The van der Waals surface area contributed by atoms with Gasteiger partial charge in [0.15, 0.2) is 11.5 Å². The number of imide groups is 1. The summed E-state index contributed by atoms with van der Waals surface area (Å²) in [6.45, 7) is 0. The molecule has 7 heteroatoms. The summed E-state index contributed by atoms with van der Waals surface area (Å²) in [5.41, 5.74) is 0.737. The molecule has 2 fully saturated rings. The molecule has 1 aromatic rings. The van der Waals surface area contributed by atoms with E-state index in [1.54, 1.807) is 20.3 Å². The average Bonchev–Trinajstić information content (AvgIpc) is 3.27. The molecule has 0 unspecified atom stereocenters. The van der Waals surface area contributed by atoms with Gasteiger partial charge in [-0.3, -0.25) is 9.59 Å². The summed E-state index contributed by atoms with van der Waals surface area (Å²) >= 11 is 2.14. The first-order chi connectivity index (χ1) is 12.0. The summed E-state index contributed by atoms with van der Waals surface area (Å²) in [6.07, 6.45) is 6.58. The SMILES string of the molecule is COc1cc(/C=N\N2C(=O)[C@@H]3[C@H](C2=O)[C@@H]2C=C[C@H]3C2)cc(I)c1OC. The quantitative estimate of drug-likeness (QED) is 0.305. The number of nitrogens with zero attached hydrogens (tertiary/aromatic N) is 2. The molecule has 0 radical (unpaired) electrons. The van der Waals surface area contributed by atoms with E-state index in [2.05, 4.69) is 39.8 Å². The summed E-state index contributed by atoms with van der Waals surface area (Å²) < 4.78 is 11.5. The monoisotopic (exact) mass is 452 g/mol. The Morgan fingerprint density at radius 1 is 1.12 bits per heavy atom. The third-order valence-corrected chi connectivity index (χ3v) is 6.03. The van der Waals surface area contributed by atoms with Crippen molar-refractivity contribution >= 4 is 40.6 Å². The number of hydrogen-bond donors (Lipinski definition) is 0. The summed E-state index contributed by atoms with van der Waals surface area (Å²) in [5, 5.41) is 5.24. The fraction of sp³-hybridized carbons (Fsp3) is 0.389. The predicted octanol–water partition coefficient (Wildman–Crippen LogP) is 2.45. The normalized spacial score (nSPS) is 29.8. The lowest BCUT2D eigenvalue weighted by Crippen LogP contribution is -2.28. The van der Waals surface area contributed by atoms with E-state index >= 15 is 0 Å². The maximum absolute atomic E-state index is 12.6. The van der Waals surface area contributed by atoms with Crippen molar-refractivity contribution in [3.8, 4) is 11.5 Å². The number of carbonyl (C=O) groups excluding carboxylic acids is 2. The van der Waals surface area contributed by atoms with E-state index in [4.69, 9.17) is 9.47 Å². The number of amides is 2. The molecule has 25 heavy (non-hydrogen) atoms. The molecule has 2 bridgehead atoms. The first kappa shape index (κ1) is 16.6. The first-order valence-electron chi connectivity index (χ1n) is 8.06. The predicted molar refractivity (Wildman–Crippen MR) is 99.4 cm³/mol. The molecule has 1 aromatic carbocycles. The van der Waals surface area contributed by atoms with Crippen molar-refractivity contribution in [3.05, 3.63) is 33.4 Å². The Hall–Kier alpha value is -1.90. The van der Waals surface area contributed by atoms with Crippen LogP contribution in [0.3, 0.4) is 0 Å². The summed E-state index contributed by atoms with van der Waals surface area (Å²) in [7, 11) is 3.14. The van der Waals surface area contributed by atoms with E-state index in [1.165, 1.54) is 6.21 Å². The van der Waals surface area contributed by atoms with Crippen molar-refractivity contribution < 1.29 is 19.1 Å². The minimum atomic E-state index is -0.231. The molecule has 2 amide bonds. The van der Waals surface area contributed by atoms with Crippen molar-refractivity contribution in [1.82, 2.24) is 5.01 Å². The highest BCUT2D eigenvalue weighted by Gasteiger charge is 2.59. The molecule has 1 saturated carbocycles. The van der Waals surface area contributed by atoms with Gasteiger partial charge in [0.1, 0.15) is 0 Å². The molecule has 1 aliphatic heterocycles. The van der Waals surface area contributed by atoms with Crippen molar-refractivity contribution in [1.29, 1.82) is 0 Å². The van der Waals surface area contributed by atoms with Gasteiger partial charge in [-0.1, -0.05) is 12.2 Å². The topological polar surface area (TPSA) is 68.2 Å². The van der Waals surface area contributed by atoms with Crippen LogP contribution in [0.1, 0.15) is 12.0 Å². The lowest BCUT2D eigenvalue weighted by molar-refractivity contribution is -0.140. The standard InChI is InChI=1S/C18H17IN2O4/c1-24-13-6-9(5-12(19)16(13)25-2)8-20-21-17(22)14-10-3-4-11(7-10)15(14)18(21)23/h3-6,8,10-11,14-15H,7H2,1-2H3/b20-8-/t10-,11+,14-,15+. The van der Waals surface area contributed by atoms with Gasteiger partial charge >= 0.3 is 0 Å². The van der Waals surface area contributed by atoms with E-state index < -0.39 is 0 Å². The largest absolute Gasteiger partial charge is 0.493 e. The Morgan fingerprint density at radius 2 is 1.76 bits per heavy atom. The highest BCUT2D eigenvalue weighted by atomic mass is 127. The van der Waals surface area contributed by atoms with Gasteiger partial charge in [0.2, 0.25) is 0 Å². The maximum atomic E-state index is 12.6. The zero-order valence-electron chi connectivity index (χ0n) is 13.8. The number of methoxy groups -OCH3 is 2. The van der Waals surface area contributed by atoms with Crippen LogP contribution in [-0.2, 0) is 9.59 Å². The Kier molecular flexibility index (Phi) is 4.05. The van der Waals surface area contributed by atoms with Crippen molar-refractivity contribution in [2.45, 2.75) is 6.42 Å². The highest BCUT2D eigenvalue weighted by Crippen LogP contribution is 2.52. The molecule has 0 aromatic heterocycles. The van der Waals surface area contributed by atoms with Gasteiger partial charge < -0.3 is 9.47 Å². The molecule has 6 nitrogen and oxygen atoms in total. The second-order valence-corrected chi connectivity index (χ2v) is 7.63. The second-order valence-electron chi connectivity index (χ2n) is 6.47. The number of allylic oxidation sites excluding steroid dienone is 2. The van der Waals surface area contributed by atoms with E-state index in [1.807, 2.05) is 6.07 Å². The average molecular weight is 452 g/mol. The zero-order valence-corrected chi connectivity index (χ0v) is 16.0. The lowest BCUT2D eigenvalue weighted by atomic mass is 9.85. The third-order valence-electron chi connectivity index (χ3n) is 5.23. The fourth-order valence-corrected chi connectivity index (χ4v) is 4.98. The lowest BCUT2D eigenvalue weighted by Gasteiger charge is -2.13. The molecule has 130 valence electrons. The van der Waals surface area contributed by atoms with Crippen LogP contribution < -0.4 is 9.47 Å². The fourth-order valence-electron chi connectivity index (χ4n) is 4.14. The van der Waals surface area contributed by atoms with E-state index in [0.29, 0.717) is 11.5 Å². The molecule has 1 heterocycles. The molecule has 4 rings (SSSR count). The van der Waals surface area contributed by atoms with E-state index in [-0.39, 0.29) is 35.5 Å². The molecule has 2 aliphatic carbocycles. The van der Waals surface area contributed by atoms with Gasteiger partial charge in [-0.2, -0.15) is 10.1 Å². The van der Waals surface area contributed by atoms with Crippen molar-refractivity contribution in [3.63, 3.8) is 0 Å². The van der Waals surface area contributed by atoms with Gasteiger partial charge in [-0.25, -0.2) is 0 Å². The van der Waals surface area contributed by atoms with Crippen LogP contribution in [0.5, 0.6) is 11.5 Å². The van der Waals surface area contributed by atoms with Gasteiger partial charge in [-0.05, 0) is 58.5 Å². The Labute approximate surface area is 159 Å². The van der Waals surface area contributed by atoms with Gasteiger partial charge in [-0.15, -0.1) is 0 Å². The van der Waals surface area contributed by atoms with Crippen LogP contribution in [-0.4, -0.2) is 37.3 Å². The maximum Gasteiger partial charge on any atom is 0.254 e. The Morgan fingerprint density at radius 3 is 2.32 bits per heavy atom. The van der Waals surface area contributed by atoms with Crippen LogP contribution >= 0.6 is 22.6 Å². The number of halogens is 1. The zero-order chi connectivity index (χ0) is 17.7. The minimum Gasteiger partial charge on any atom is -0.493 e. The minimum absolute atomic E-state index is 0.182. The number of benzene rings is 1. The second kappa shape index (κ2) is 6.12. The Bertz CT molecular complexity index is 790. The molecule has 0 N–H and O–H groups in total. The van der Waals surface area contributed by atoms with Crippen molar-refractivity contribution in [2.24, 2.45) is 28.8 Å². The number of rotatable bonds is 4. The van der Waals surface area contributed by atoms with Crippen LogP contribution in [0.4, 0.5) is 0 Å². The third kappa shape index (κ3) is 2.47. The Balaban J connectivity index is 1.60. The number of hydrazone groups is 1. The number of fused-ring (bicyclic) bond motifs is 5. The number of hydrogen-bond acceptors (Lipinski definition) is 5. The molecule has 1 saturated heterocycles. The van der Waals surface area contributed by atoms with E-state index in [9.17, 15) is 9.59 Å². The van der Waals surface area contributed by atoms with Crippen LogP contribution in [0, 0.1) is 27.2 Å². The summed E-state index contributed by atoms with van der Waals surface area (Å²) in [4.78, 5) is 25.2. The van der Waals surface area contributed by atoms with Crippen LogP contribution in [0.15, 0.2) is 29.4 Å². The van der Waals surface area contributed by atoms with Gasteiger partial charge in [0, 0.05) is 0 Å². The molecule has 0 spiro atoms. The number of ether oxygens (including phenoxy) is 2. The summed E-state index contributed by atoms with van der Waals surface area (Å²) in [5.74, 6) is 0.772. The first-order valence-corrected chi connectivity index (χ1v) is 9.14. The van der Waals surface area contributed by atoms with Crippen LogP contribution in [0.2, 0.25) is 0 Å². The molecular formula is C18H17IN2O4. The smallest absolute Gasteiger partial charge is 0.254 e. The van der Waals surface area contributed by atoms with Gasteiger partial charge in [0.05, 0.1) is 35.8 Å². The number of carbonyl (C=O) groups is 2. The summed E-state index contributed by atoms with van der Waals surface area (Å²) in [6, 6.07) is 3.63. The van der Waals surface area contributed by atoms with E-state index in [0.717, 1.165) is 20.6 Å². The molecule has 4 atom stereocenters. The molecular weight excluding hydrogens is 435 g/mol. The van der Waals surface area contributed by atoms with Crippen LogP contribution in [0.25, 0.3) is 0 Å². The van der Waals surface area contributed by atoms with Gasteiger partial charge in [0.25, 0.3) is 11.8 Å². The van der Waals surface area contributed by atoms with Crippen molar-refractivity contribution in [2.75, 3.05) is 14.2 Å².